The molecule has 0 bridgehead atoms. The zero-order chi connectivity index (χ0) is 27.2. The van der Waals surface area contributed by atoms with Crippen molar-refractivity contribution in [3.8, 4) is 0 Å². The number of rotatable bonds is 9. The molecule has 1 saturated carbocycles. The molecule has 200 valence electrons. The molecule has 0 aromatic heterocycles. The monoisotopic (exact) mass is 525 g/mol. The van der Waals surface area contributed by atoms with Crippen molar-refractivity contribution in [2.45, 2.75) is 84.2 Å². The maximum atomic E-state index is 14.1. The van der Waals surface area contributed by atoms with Crippen molar-refractivity contribution in [2.24, 2.45) is 0 Å². The summed E-state index contributed by atoms with van der Waals surface area (Å²) >= 11 is 4.37. The lowest BCUT2D eigenvalue weighted by Crippen LogP contribution is -2.58. The van der Waals surface area contributed by atoms with E-state index in [-0.39, 0.29) is 23.6 Å². The summed E-state index contributed by atoms with van der Waals surface area (Å²) in [6.07, 6.45) is 1.88. The van der Waals surface area contributed by atoms with E-state index in [1.165, 1.54) is 0 Å². The van der Waals surface area contributed by atoms with Gasteiger partial charge < -0.3 is 20.3 Å². The van der Waals surface area contributed by atoms with Crippen LogP contribution in [0.5, 0.6) is 0 Å². The van der Waals surface area contributed by atoms with Gasteiger partial charge in [0.1, 0.15) is 17.7 Å². The normalized spacial score (nSPS) is 15.2. The quantitative estimate of drug-likeness (QED) is 0.408. The molecular formula is C29H39N3O4S. The van der Waals surface area contributed by atoms with Crippen LogP contribution in [-0.2, 0) is 20.9 Å². The van der Waals surface area contributed by atoms with Crippen LogP contribution in [0.1, 0.15) is 68.3 Å². The second-order valence-corrected chi connectivity index (χ2v) is 11.0. The third-order valence-electron chi connectivity index (χ3n) is 6.55. The molecule has 2 unspecified atom stereocenters. The number of thiol groups is 1. The second kappa shape index (κ2) is 12.5. The van der Waals surface area contributed by atoms with Gasteiger partial charge in [0.25, 0.3) is 0 Å². The lowest BCUT2D eigenvalue weighted by atomic mass is 9.86. The maximum Gasteiger partial charge on any atom is 0.408 e. The smallest absolute Gasteiger partial charge is 0.408 e. The number of hydrogen-bond acceptors (Lipinski definition) is 5. The van der Waals surface area contributed by atoms with Gasteiger partial charge in [-0.1, -0.05) is 48.5 Å². The molecule has 0 heterocycles. The van der Waals surface area contributed by atoms with Gasteiger partial charge in [0.05, 0.1) is 0 Å². The molecule has 8 heteroatoms. The van der Waals surface area contributed by atoms with E-state index in [9.17, 15) is 14.4 Å². The Kier molecular flexibility index (Phi) is 9.65. The fourth-order valence-corrected chi connectivity index (χ4v) is 4.78. The van der Waals surface area contributed by atoms with Crippen molar-refractivity contribution in [1.82, 2.24) is 15.5 Å². The van der Waals surface area contributed by atoms with Crippen molar-refractivity contribution in [1.29, 1.82) is 0 Å². The molecule has 37 heavy (non-hydrogen) atoms. The number of amides is 3. The van der Waals surface area contributed by atoms with Crippen LogP contribution in [0.2, 0.25) is 0 Å². The van der Waals surface area contributed by atoms with Crippen LogP contribution < -0.4 is 10.6 Å². The molecule has 7 nitrogen and oxygen atoms in total. The molecule has 3 rings (SSSR count). The van der Waals surface area contributed by atoms with Crippen LogP contribution in [0.4, 0.5) is 4.79 Å². The number of alkyl carbamates (subject to hydrolysis) is 1. The van der Waals surface area contributed by atoms with E-state index in [1.807, 2.05) is 62.4 Å². The number of benzene rings is 2. The standard InChI is InChI=1S/C29H39N3O4S/c1-19-11-9-12-20(2)24(19)25(26(33)30-17-21-13-7-6-8-14-21)32(22-15-10-16-22)27(34)23(18-37)31-28(35)36-29(3,4)5/h6-9,11-14,22-23,25,37H,10,15-18H2,1-5H3,(H,30,33)(H,31,35). The minimum atomic E-state index is -0.937. The van der Waals surface area contributed by atoms with Gasteiger partial charge in [-0.15, -0.1) is 0 Å². The van der Waals surface area contributed by atoms with Crippen molar-refractivity contribution in [2.75, 3.05) is 5.75 Å². The number of ether oxygens (including phenoxy) is 1. The fourth-order valence-electron chi connectivity index (χ4n) is 4.53. The van der Waals surface area contributed by atoms with Crippen LogP contribution >= 0.6 is 12.6 Å². The Balaban J connectivity index is 1.97. The van der Waals surface area contributed by atoms with E-state index in [4.69, 9.17) is 4.74 Å². The van der Waals surface area contributed by atoms with E-state index < -0.39 is 23.8 Å². The number of nitrogens with one attached hydrogen (secondary N) is 2. The highest BCUT2D eigenvalue weighted by molar-refractivity contribution is 7.80. The number of aryl methyl sites for hydroxylation is 2. The minimum Gasteiger partial charge on any atom is -0.444 e. The predicted octanol–water partition coefficient (Wildman–Crippen LogP) is 4.87. The predicted molar refractivity (Wildman–Crippen MR) is 148 cm³/mol. The first-order valence-electron chi connectivity index (χ1n) is 12.8. The maximum absolute atomic E-state index is 14.1. The van der Waals surface area contributed by atoms with E-state index in [0.717, 1.165) is 41.5 Å². The Morgan fingerprint density at radius 3 is 2.16 bits per heavy atom. The molecule has 2 aromatic carbocycles. The number of carbonyl (C=O) groups excluding carboxylic acids is 3. The first-order valence-corrected chi connectivity index (χ1v) is 13.5. The van der Waals surface area contributed by atoms with Crippen molar-refractivity contribution >= 4 is 30.5 Å². The molecule has 2 N–H and O–H groups in total. The first-order chi connectivity index (χ1) is 17.5. The molecule has 1 aliphatic rings. The highest BCUT2D eigenvalue weighted by Gasteiger charge is 2.42. The summed E-state index contributed by atoms with van der Waals surface area (Å²) < 4.78 is 5.39. The van der Waals surface area contributed by atoms with Crippen LogP contribution in [0.3, 0.4) is 0 Å². The summed E-state index contributed by atoms with van der Waals surface area (Å²) in [7, 11) is 0. The van der Waals surface area contributed by atoms with Gasteiger partial charge in [-0.05, 0) is 76.1 Å². The van der Waals surface area contributed by atoms with Crippen LogP contribution in [0, 0.1) is 13.8 Å². The van der Waals surface area contributed by atoms with Gasteiger partial charge in [-0.3, -0.25) is 9.59 Å². The van der Waals surface area contributed by atoms with E-state index >= 15 is 0 Å². The Bertz CT molecular complexity index is 1080. The molecule has 0 aliphatic heterocycles. The Morgan fingerprint density at radius 2 is 1.65 bits per heavy atom. The van der Waals surface area contributed by atoms with Gasteiger partial charge in [0, 0.05) is 18.3 Å². The summed E-state index contributed by atoms with van der Waals surface area (Å²) in [6.45, 7) is 9.55. The van der Waals surface area contributed by atoms with Gasteiger partial charge in [0.2, 0.25) is 11.8 Å². The Hall–Kier alpha value is -3.00. The van der Waals surface area contributed by atoms with Crippen LogP contribution in [0.25, 0.3) is 0 Å². The summed E-state index contributed by atoms with van der Waals surface area (Å²) in [6, 6.07) is 13.6. The summed E-state index contributed by atoms with van der Waals surface area (Å²) in [5.74, 6) is -0.517. The molecule has 0 spiro atoms. The molecule has 3 amide bonds. The molecule has 1 aliphatic carbocycles. The van der Waals surface area contributed by atoms with Crippen molar-refractivity contribution in [3.05, 3.63) is 70.8 Å². The highest BCUT2D eigenvalue weighted by Crippen LogP contribution is 2.36. The Morgan fingerprint density at radius 1 is 1.03 bits per heavy atom. The van der Waals surface area contributed by atoms with Gasteiger partial charge in [-0.25, -0.2) is 4.79 Å². The topological polar surface area (TPSA) is 87.7 Å². The second-order valence-electron chi connectivity index (χ2n) is 10.6. The SMILES string of the molecule is Cc1cccc(C)c1C(C(=O)NCc1ccccc1)N(C(=O)C(CS)NC(=O)OC(C)(C)C)C1CCC1. The largest absolute Gasteiger partial charge is 0.444 e. The fraction of sp³-hybridized carbons (Fsp3) is 0.483. The Labute approximate surface area is 225 Å². The molecule has 0 saturated heterocycles. The molecule has 2 aromatic rings. The third-order valence-corrected chi connectivity index (χ3v) is 6.91. The number of hydrogen-bond donors (Lipinski definition) is 3. The molecule has 2 atom stereocenters. The van der Waals surface area contributed by atoms with Crippen LogP contribution in [-0.4, -0.2) is 46.2 Å². The average Bonchev–Trinajstić information content (AvgIpc) is 2.80. The zero-order valence-corrected chi connectivity index (χ0v) is 23.3. The summed E-state index contributed by atoms with van der Waals surface area (Å²) in [5.41, 5.74) is 2.93. The summed E-state index contributed by atoms with van der Waals surface area (Å²) in [5, 5.41) is 5.73. The number of carbonyl (C=O) groups is 3. The van der Waals surface area contributed by atoms with Gasteiger partial charge >= 0.3 is 6.09 Å². The molecule has 0 radical (unpaired) electrons. The van der Waals surface area contributed by atoms with E-state index in [1.54, 1.807) is 25.7 Å². The molecule has 1 fully saturated rings. The van der Waals surface area contributed by atoms with Crippen molar-refractivity contribution < 1.29 is 19.1 Å². The van der Waals surface area contributed by atoms with E-state index in [0.29, 0.717) is 6.54 Å². The molecular weight excluding hydrogens is 486 g/mol. The van der Waals surface area contributed by atoms with Gasteiger partial charge in [0.15, 0.2) is 0 Å². The van der Waals surface area contributed by atoms with Crippen molar-refractivity contribution in [3.63, 3.8) is 0 Å². The lowest BCUT2D eigenvalue weighted by Gasteiger charge is -2.44. The zero-order valence-electron chi connectivity index (χ0n) is 22.4. The van der Waals surface area contributed by atoms with E-state index in [2.05, 4.69) is 23.3 Å². The average molecular weight is 526 g/mol. The van der Waals surface area contributed by atoms with Crippen LogP contribution in [0.15, 0.2) is 48.5 Å². The van der Waals surface area contributed by atoms with Gasteiger partial charge in [-0.2, -0.15) is 12.6 Å². The highest BCUT2D eigenvalue weighted by atomic mass is 32.1. The summed E-state index contributed by atoms with van der Waals surface area (Å²) in [4.78, 5) is 42.2. The lowest BCUT2D eigenvalue weighted by molar-refractivity contribution is -0.147. The number of nitrogens with zero attached hydrogens (tertiary/aromatic N) is 1. The first kappa shape index (κ1) is 28.6. The third kappa shape index (κ3) is 7.51. The minimum absolute atomic E-state index is 0.0758.